The van der Waals surface area contributed by atoms with Crippen molar-refractivity contribution in [1.29, 1.82) is 0 Å². The van der Waals surface area contributed by atoms with Crippen LogP contribution < -0.4 is 10.6 Å². The van der Waals surface area contributed by atoms with Crippen LogP contribution in [0.15, 0.2) is 54.7 Å². The Morgan fingerprint density at radius 2 is 1.64 bits per heavy atom. The van der Waals surface area contributed by atoms with Crippen molar-refractivity contribution >= 4 is 17.5 Å². The van der Waals surface area contributed by atoms with Crippen molar-refractivity contribution in [3.8, 4) is 11.4 Å². The van der Waals surface area contributed by atoms with Gasteiger partial charge in [0, 0.05) is 25.0 Å². The molecule has 0 unspecified atom stereocenters. The third-order valence-electron chi connectivity index (χ3n) is 3.90. The lowest BCUT2D eigenvalue weighted by molar-refractivity contribution is 0.590. The lowest BCUT2D eigenvalue weighted by atomic mass is 9.87. The topological polar surface area (TPSA) is 62.7 Å². The van der Waals surface area contributed by atoms with Crippen LogP contribution in [0.25, 0.3) is 11.4 Å². The molecule has 0 saturated heterocycles. The normalized spacial score (nSPS) is 11.2. The van der Waals surface area contributed by atoms with Crippen molar-refractivity contribution < 1.29 is 0 Å². The SMILES string of the molecule is CNc1nc(Nc2ccc(C(C)(C)C)cc2)cc(-c2ccccn2)n1. The van der Waals surface area contributed by atoms with Gasteiger partial charge in [-0.25, -0.2) is 4.98 Å². The van der Waals surface area contributed by atoms with E-state index >= 15 is 0 Å². The minimum atomic E-state index is 0.138. The first-order valence-corrected chi connectivity index (χ1v) is 8.31. The summed E-state index contributed by atoms with van der Waals surface area (Å²) >= 11 is 0. The molecule has 0 aliphatic rings. The number of anilines is 3. The Balaban J connectivity index is 1.89. The summed E-state index contributed by atoms with van der Waals surface area (Å²) in [6.45, 7) is 6.62. The Labute approximate surface area is 148 Å². The Kier molecular flexibility index (Phi) is 4.65. The van der Waals surface area contributed by atoms with E-state index in [2.05, 4.69) is 70.6 Å². The summed E-state index contributed by atoms with van der Waals surface area (Å²) in [5.41, 5.74) is 4.01. The number of aromatic nitrogens is 3. The quantitative estimate of drug-likeness (QED) is 0.729. The first-order valence-electron chi connectivity index (χ1n) is 8.31. The zero-order valence-electron chi connectivity index (χ0n) is 15.0. The van der Waals surface area contributed by atoms with Crippen LogP contribution in [-0.2, 0) is 5.41 Å². The molecule has 1 aromatic carbocycles. The molecule has 5 nitrogen and oxygen atoms in total. The highest BCUT2D eigenvalue weighted by atomic mass is 15.1. The molecule has 0 radical (unpaired) electrons. The lowest BCUT2D eigenvalue weighted by Gasteiger charge is -2.19. The van der Waals surface area contributed by atoms with Crippen molar-refractivity contribution in [3.63, 3.8) is 0 Å². The van der Waals surface area contributed by atoms with Crippen LogP contribution in [0.1, 0.15) is 26.3 Å². The summed E-state index contributed by atoms with van der Waals surface area (Å²) in [5, 5.41) is 6.35. The molecular formula is C20H23N5. The zero-order chi connectivity index (χ0) is 17.9. The number of rotatable bonds is 4. The molecule has 0 aliphatic carbocycles. The predicted molar refractivity (Wildman–Crippen MR) is 103 cm³/mol. The molecular weight excluding hydrogens is 310 g/mol. The van der Waals surface area contributed by atoms with Crippen molar-refractivity contribution in [3.05, 3.63) is 60.3 Å². The van der Waals surface area contributed by atoms with Crippen molar-refractivity contribution in [2.45, 2.75) is 26.2 Å². The van der Waals surface area contributed by atoms with Crippen molar-refractivity contribution in [2.75, 3.05) is 17.7 Å². The second-order valence-electron chi connectivity index (χ2n) is 6.88. The molecule has 0 spiro atoms. The number of benzene rings is 1. The van der Waals surface area contributed by atoms with Gasteiger partial charge in [-0.05, 0) is 35.2 Å². The van der Waals surface area contributed by atoms with E-state index in [-0.39, 0.29) is 5.41 Å². The van der Waals surface area contributed by atoms with Gasteiger partial charge in [0.2, 0.25) is 5.95 Å². The molecule has 25 heavy (non-hydrogen) atoms. The molecule has 3 aromatic rings. The molecule has 0 bridgehead atoms. The Morgan fingerprint density at radius 3 is 2.24 bits per heavy atom. The highest BCUT2D eigenvalue weighted by molar-refractivity contribution is 5.65. The maximum absolute atomic E-state index is 4.49. The first-order chi connectivity index (χ1) is 12.0. The van der Waals surface area contributed by atoms with Gasteiger partial charge in [0.05, 0.1) is 11.4 Å². The van der Waals surface area contributed by atoms with E-state index in [0.29, 0.717) is 5.95 Å². The van der Waals surface area contributed by atoms with Gasteiger partial charge < -0.3 is 10.6 Å². The molecule has 5 heteroatoms. The summed E-state index contributed by atoms with van der Waals surface area (Å²) in [6.07, 6.45) is 1.76. The highest BCUT2D eigenvalue weighted by Crippen LogP contribution is 2.26. The molecule has 3 rings (SSSR count). The lowest BCUT2D eigenvalue weighted by Crippen LogP contribution is -2.10. The fourth-order valence-electron chi connectivity index (χ4n) is 2.47. The minimum absolute atomic E-state index is 0.138. The van der Waals surface area contributed by atoms with Crippen LogP contribution in [-0.4, -0.2) is 22.0 Å². The van der Waals surface area contributed by atoms with Crippen LogP contribution in [0.2, 0.25) is 0 Å². The average molecular weight is 333 g/mol. The van der Waals surface area contributed by atoms with Gasteiger partial charge in [0.25, 0.3) is 0 Å². The summed E-state index contributed by atoms with van der Waals surface area (Å²) in [5.74, 6) is 1.28. The average Bonchev–Trinajstić information content (AvgIpc) is 2.62. The largest absolute Gasteiger partial charge is 0.357 e. The fourth-order valence-corrected chi connectivity index (χ4v) is 2.47. The maximum Gasteiger partial charge on any atom is 0.225 e. The van der Waals surface area contributed by atoms with Crippen LogP contribution in [0.3, 0.4) is 0 Å². The summed E-state index contributed by atoms with van der Waals surface area (Å²) in [4.78, 5) is 13.3. The minimum Gasteiger partial charge on any atom is -0.357 e. The van der Waals surface area contributed by atoms with Crippen LogP contribution in [0.4, 0.5) is 17.5 Å². The third-order valence-corrected chi connectivity index (χ3v) is 3.90. The van der Waals surface area contributed by atoms with Crippen molar-refractivity contribution in [2.24, 2.45) is 0 Å². The van der Waals surface area contributed by atoms with E-state index < -0.39 is 0 Å². The second-order valence-corrected chi connectivity index (χ2v) is 6.88. The van der Waals surface area contributed by atoms with E-state index in [1.807, 2.05) is 24.3 Å². The summed E-state index contributed by atoms with van der Waals surface area (Å²) in [7, 11) is 1.81. The molecule has 0 amide bonds. The third kappa shape index (κ3) is 4.12. The Hall–Kier alpha value is -2.95. The molecule has 0 fully saturated rings. The van der Waals surface area contributed by atoms with Gasteiger partial charge in [-0.2, -0.15) is 4.98 Å². The molecule has 2 N–H and O–H groups in total. The molecule has 0 saturated carbocycles. The number of nitrogens with one attached hydrogen (secondary N) is 2. The van der Waals surface area contributed by atoms with Gasteiger partial charge in [-0.1, -0.05) is 39.0 Å². The van der Waals surface area contributed by atoms with Gasteiger partial charge in [0.15, 0.2) is 0 Å². The molecule has 2 aromatic heterocycles. The number of hydrogen-bond donors (Lipinski definition) is 2. The van der Waals surface area contributed by atoms with E-state index in [0.717, 1.165) is 22.9 Å². The molecule has 128 valence electrons. The molecule has 2 heterocycles. The zero-order valence-corrected chi connectivity index (χ0v) is 15.0. The van der Waals surface area contributed by atoms with Gasteiger partial charge in [-0.15, -0.1) is 0 Å². The monoisotopic (exact) mass is 333 g/mol. The van der Waals surface area contributed by atoms with Crippen LogP contribution in [0.5, 0.6) is 0 Å². The number of nitrogens with zero attached hydrogens (tertiary/aromatic N) is 3. The molecule has 0 atom stereocenters. The smallest absolute Gasteiger partial charge is 0.225 e. The van der Waals surface area contributed by atoms with E-state index in [1.54, 1.807) is 13.2 Å². The number of hydrogen-bond acceptors (Lipinski definition) is 5. The maximum atomic E-state index is 4.49. The van der Waals surface area contributed by atoms with E-state index in [4.69, 9.17) is 0 Å². The Bertz CT molecular complexity index is 836. The van der Waals surface area contributed by atoms with Crippen LogP contribution >= 0.6 is 0 Å². The van der Waals surface area contributed by atoms with Crippen molar-refractivity contribution in [1.82, 2.24) is 15.0 Å². The van der Waals surface area contributed by atoms with E-state index in [9.17, 15) is 0 Å². The predicted octanol–water partition coefficient (Wildman–Crippen LogP) is 4.62. The first kappa shape index (κ1) is 16.9. The second kappa shape index (κ2) is 6.89. The standard InChI is InChI=1S/C20H23N5/c1-20(2,3)14-8-10-15(11-9-14)23-18-13-17(24-19(21-4)25-18)16-7-5-6-12-22-16/h5-13H,1-4H3,(H2,21,23,24,25). The molecule has 0 aliphatic heterocycles. The van der Waals surface area contributed by atoms with Crippen LogP contribution in [0, 0.1) is 0 Å². The summed E-state index contributed by atoms with van der Waals surface area (Å²) in [6, 6.07) is 16.1. The van der Waals surface area contributed by atoms with Gasteiger partial charge >= 0.3 is 0 Å². The highest BCUT2D eigenvalue weighted by Gasteiger charge is 2.13. The van der Waals surface area contributed by atoms with Gasteiger partial charge in [0.1, 0.15) is 5.82 Å². The van der Waals surface area contributed by atoms with Gasteiger partial charge in [-0.3, -0.25) is 4.98 Å². The Morgan fingerprint density at radius 1 is 0.880 bits per heavy atom. The summed E-state index contributed by atoms with van der Waals surface area (Å²) < 4.78 is 0. The number of pyridine rings is 1. The van der Waals surface area contributed by atoms with E-state index in [1.165, 1.54) is 5.56 Å². The fraction of sp³-hybridized carbons (Fsp3) is 0.250.